The van der Waals surface area contributed by atoms with E-state index in [1.54, 1.807) is 0 Å². The number of benzene rings is 1. The van der Waals surface area contributed by atoms with E-state index in [4.69, 9.17) is 5.11 Å². The Kier molecular flexibility index (Phi) is 2.18. The van der Waals surface area contributed by atoms with Crippen molar-refractivity contribution in [1.29, 1.82) is 0 Å². The average Bonchev–Trinajstić information content (AvgIpc) is 1.92. The van der Waals surface area contributed by atoms with Gasteiger partial charge in [-0.15, -0.1) is 0 Å². The predicted octanol–water partition coefficient (Wildman–Crippen LogP) is 0.886. The van der Waals surface area contributed by atoms with E-state index in [-0.39, 0.29) is 17.2 Å². The van der Waals surface area contributed by atoms with Crippen molar-refractivity contribution >= 4 is 18.5 Å². The molecule has 1 aromatic carbocycles. The number of hydrogen-bond donors (Lipinski definition) is 3. The molecule has 0 bridgehead atoms. The number of hydroxylamine groups is 1. The molecule has 5 heteroatoms. The van der Waals surface area contributed by atoms with E-state index in [2.05, 4.69) is 12.8 Å². The molecule has 1 atom stereocenters. The summed E-state index contributed by atoms with van der Waals surface area (Å²) in [6.45, 7) is 0. The van der Waals surface area contributed by atoms with Crippen molar-refractivity contribution in [2.45, 2.75) is 0 Å². The largest absolute Gasteiger partial charge is 0.508 e. The minimum Gasteiger partial charge on any atom is -0.508 e. The third kappa shape index (κ3) is 1.82. The van der Waals surface area contributed by atoms with E-state index >= 15 is 0 Å². The van der Waals surface area contributed by atoms with Crippen molar-refractivity contribution in [2.75, 3.05) is 7.05 Å². The zero-order valence-corrected chi connectivity index (χ0v) is 7.25. The summed E-state index contributed by atoms with van der Waals surface area (Å²) >= 11 is 4.62. The van der Waals surface area contributed by atoms with Crippen LogP contribution in [0.4, 0.5) is 5.69 Å². The van der Waals surface area contributed by atoms with Crippen LogP contribution in [0.1, 0.15) is 0 Å². The third-order valence-electron chi connectivity index (χ3n) is 1.41. The highest BCUT2D eigenvalue weighted by molar-refractivity contribution is 7.58. The van der Waals surface area contributed by atoms with Crippen molar-refractivity contribution in [3.63, 3.8) is 0 Å². The first kappa shape index (κ1) is 9.18. The molecule has 0 spiro atoms. The molecule has 0 amide bonds. The average molecular weight is 187 g/mol. The molecular weight excluding hydrogens is 178 g/mol. The van der Waals surface area contributed by atoms with E-state index in [0.717, 1.165) is 0 Å². The zero-order chi connectivity index (χ0) is 9.35. The molecule has 0 aliphatic rings. The first-order valence-corrected chi connectivity index (χ1v) is 3.60. The van der Waals surface area contributed by atoms with Crippen LogP contribution in [0.3, 0.4) is 0 Å². The lowest BCUT2D eigenvalue weighted by Gasteiger charge is -2.30. The van der Waals surface area contributed by atoms with Gasteiger partial charge in [0.05, 0.1) is 7.05 Å². The third-order valence-corrected chi connectivity index (χ3v) is 1.60. The quantitative estimate of drug-likeness (QED) is 0.264. The van der Waals surface area contributed by atoms with Gasteiger partial charge in [0, 0.05) is 6.07 Å². The highest BCUT2D eigenvalue weighted by atomic mass is 32.1. The molecule has 0 heterocycles. The molecule has 1 rings (SSSR count). The fourth-order valence-corrected chi connectivity index (χ4v) is 0.990. The topological polar surface area (TPSA) is 60.7 Å². The van der Waals surface area contributed by atoms with Crippen LogP contribution < -0.4 is 4.05 Å². The van der Waals surface area contributed by atoms with Gasteiger partial charge in [0.15, 0.2) is 11.4 Å². The standard InChI is InChI=1S/C7H9NO3S/c1-8(11,12)6-4-5(9)2-3-7(6)10/h2-4,9-11H,1H3. The van der Waals surface area contributed by atoms with E-state index in [1.165, 1.54) is 25.2 Å². The van der Waals surface area contributed by atoms with Crippen molar-refractivity contribution in [1.82, 2.24) is 4.05 Å². The molecule has 3 N–H and O–H groups in total. The van der Waals surface area contributed by atoms with Gasteiger partial charge in [-0.05, 0) is 12.1 Å². The predicted molar refractivity (Wildman–Crippen MR) is 46.6 cm³/mol. The van der Waals surface area contributed by atoms with Crippen LogP contribution >= 0.6 is 0 Å². The summed E-state index contributed by atoms with van der Waals surface area (Å²) in [4.78, 5) is 0. The Morgan fingerprint density at radius 1 is 1.33 bits per heavy atom. The number of nitrogens with zero attached hydrogens (tertiary/aromatic N) is 1. The maximum Gasteiger partial charge on any atom is 0.192 e. The Balaban J connectivity index is 3.23. The maximum absolute atomic E-state index is 9.28. The molecule has 0 saturated carbocycles. The number of aromatic hydroxyl groups is 2. The van der Waals surface area contributed by atoms with Gasteiger partial charge >= 0.3 is 0 Å². The first-order chi connectivity index (χ1) is 5.41. The van der Waals surface area contributed by atoms with Crippen molar-refractivity contribution < 1.29 is 15.4 Å². The van der Waals surface area contributed by atoms with Gasteiger partial charge in [-0.3, -0.25) is 4.05 Å². The summed E-state index contributed by atoms with van der Waals surface area (Å²) in [6, 6.07) is 3.79. The number of hydrogen-bond acceptors (Lipinski definition) is 4. The maximum atomic E-state index is 9.28. The summed E-state index contributed by atoms with van der Waals surface area (Å²) in [7, 11) is 1.30. The van der Waals surface area contributed by atoms with Gasteiger partial charge in [0.2, 0.25) is 0 Å². The molecule has 0 aliphatic carbocycles. The van der Waals surface area contributed by atoms with Gasteiger partial charge in [0.25, 0.3) is 0 Å². The Morgan fingerprint density at radius 3 is 2.33 bits per heavy atom. The summed E-state index contributed by atoms with van der Waals surface area (Å²) in [5.74, 6) is -0.196. The second-order valence-electron chi connectivity index (χ2n) is 2.55. The fourth-order valence-electron chi connectivity index (χ4n) is 0.844. The SMILES string of the molecule is C[N+](O)([S-])c1cc(O)ccc1O. The van der Waals surface area contributed by atoms with Crippen LogP contribution in [0.25, 0.3) is 0 Å². The van der Waals surface area contributed by atoms with Crippen LogP contribution in [0.15, 0.2) is 18.2 Å². The molecular formula is C7H9NO3S. The summed E-state index contributed by atoms with van der Waals surface area (Å²) < 4.78 is -0.930. The summed E-state index contributed by atoms with van der Waals surface area (Å²) in [6.07, 6.45) is 0. The van der Waals surface area contributed by atoms with Crippen LogP contribution in [-0.4, -0.2) is 22.5 Å². The lowest BCUT2D eigenvalue weighted by Crippen LogP contribution is -2.33. The van der Waals surface area contributed by atoms with Gasteiger partial charge in [-0.2, -0.15) is 0 Å². The summed E-state index contributed by atoms with van der Waals surface area (Å²) in [5, 5.41) is 27.5. The van der Waals surface area contributed by atoms with Crippen LogP contribution in [0.2, 0.25) is 0 Å². The van der Waals surface area contributed by atoms with Crippen molar-refractivity contribution in [3.05, 3.63) is 18.2 Å². The van der Waals surface area contributed by atoms with Crippen LogP contribution in [0, 0.1) is 0 Å². The van der Waals surface area contributed by atoms with Crippen LogP contribution in [0.5, 0.6) is 11.5 Å². The molecule has 0 aliphatic heterocycles. The molecule has 0 fully saturated rings. The molecule has 0 saturated heterocycles. The lowest BCUT2D eigenvalue weighted by atomic mass is 10.3. The van der Waals surface area contributed by atoms with Gasteiger partial charge < -0.3 is 23.0 Å². The lowest BCUT2D eigenvalue weighted by molar-refractivity contribution is 0.0506. The minimum atomic E-state index is -0.930. The van der Waals surface area contributed by atoms with E-state index in [1.807, 2.05) is 0 Å². The number of phenolic OH excluding ortho intramolecular Hbond substituents is 2. The number of quaternary nitrogens is 1. The Labute approximate surface area is 75.4 Å². The Bertz CT molecular complexity index is 295. The van der Waals surface area contributed by atoms with Gasteiger partial charge in [0.1, 0.15) is 5.75 Å². The smallest absolute Gasteiger partial charge is 0.192 e. The fraction of sp³-hybridized carbons (Fsp3) is 0.143. The highest BCUT2D eigenvalue weighted by Gasteiger charge is 2.15. The highest BCUT2D eigenvalue weighted by Crippen LogP contribution is 2.32. The second kappa shape index (κ2) is 2.85. The molecule has 1 unspecified atom stereocenters. The normalized spacial score (nSPS) is 15.6. The molecule has 12 heavy (non-hydrogen) atoms. The second-order valence-corrected chi connectivity index (χ2v) is 3.26. The monoisotopic (exact) mass is 187 g/mol. The first-order valence-electron chi connectivity index (χ1n) is 3.24. The molecule has 66 valence electrons. The van der Waals surface area contributed by atoms with Gasteiger partial charge in [-0.25, -0.2) is 5.21 Å². The summed E-state index contributed by atoms with van der Waals surface area (Å²) in [5.41, 5.74) is 0.0741. The molecule has 0 radical (unpaired) electrons. The van der Waals surface area contributed by atoms with Crippen molar-refractivity contribution in [2.24, 2.45) is 0 Å². The Morgan fingerprint density at radius 2 is 1.92 bits per heavy atom. The van der Waals surface area contributed by atoms with Crippen molar-refractivity contribution in [3.8, 4) is 11.5 Å². The minimum absolute atomic E-state index is 0.0500. The number of rotatable bonds is 1. The number of phenols is 2. The van der Waals surface area contributed by atoms with E-state index < -0.39 is 4.05 Å². The van der Waals surface area contributed by atoms with Gasteiger partial charge in [-0.1, -0.05) is 0 Å². The zero-order valence-electron chi connectivity index (χ0n) is 6.43. The van der Waals surface area contributed by atoms with E-state index in [9.17, 15) is 10.3 Å². The molecule has 4 nitrogen and oxygen atoms in total. The molecule has 0 aromatic heterocycles. The molecule has 1 aromatic rings. The van der Waals surface area contributed by atoms with Crippen LogP contribution in [-0.2, 0) is 12.8 Å². The Hall–Kier alpha value is -0.910. The van der Waals surface area contributed by atoms with E-state index in [0.29, 0.717) is 0 Å².